The summed E-state index contributed by atoms with van der Waals surface area (Å²) >= 11 is 0. The first-order chi connectivity index (χ1) is 11.3. The summed E-state index contributed by atoms with van der Waals surface area (Å²) in [6.45, 7) is 8.79. The van der Waals surface area contributed by atoms with Crippen molar-refractivity contribution in [2.75, 3.05) is 18.5 Å². The second-order valence-electron chi connectivity index (χ2n) is 6.37. The summed E-state index contributed by atoms with van der Waals surface area (Å²) in [4.78, 5) is 20.4. The molecule has 1 N–H and O–H groups in total. The molecule has 0 saturated carbocycles. The first-order valence-corrected chi connectivity index (χ1v) is 7.80. The highest BCUT2D eigenvalue weighted by Gasteiger charge is 2.10. The van der Waals surface area contributed by atoms with E-state index < -0.39 is 0 Å². The molecule has 0 bridgehead atoms. The van der Waals surface area contributed by atoms with E-state index in [2.05, 4.69) is 15.3 Å². The smallest absolute Gasteiger partial charge is 0.258 e. The number of nitrogens with zero attached hydrogens (tertiary/aromatic N) is 2. The number of nitrogens with one attached hydrogen (secondary N) is 1. The van der Waals surface area contributed by atoms with Gasteiger partial charge in [-0.05, 0) is 51.5 Å². The summed E-state index contributed by atoms with van der Waals surface area (Å²) in [6.07, 6.45) is 3.13. The normalized spacial score (nSPS) is 11.2. The predicted octanol–water partition coefficient (Wildman–Crippen LogP) is 3.23. The van der Waals surface area contributed by atoms with E-state index in [1.165, 1.54) is 6.20 Å². The van der Waals surface area contributed by atoms with Crippen LogP contribution in [0.2, 0.25) is 0 Å². The van der Waals surface area contributed by atoms with E-state index >= 15 is 0 Å². The SMILES string of the molecule is Cc1ccnc(NC(=O)c2ccc(OCCOC(C)(C)C)nc2)c1. The number of rotatable bonds is 6. The molecule has 2 aromatic rings. The van der Waals surface area contributed by atoms with E-state index in [0.717, 1.165) is 5.56 Å². The summed E-state index contributed by atoms with van der Waals surface area (Å²) in [6, 6.07) is 7.00. The summed E-state index contributed by atoms with van der Waals surface area (Å²) in [5.74, 6) is 0.709. The standard InChI is InChI=1S/C18H23N3O3/c1-13-7-8-19-15(11-13)21-17(22)14-5-6-16(20-12-14)23-9-10-24-18(2,3)4/h5-8,11-12H,9-10H2,1-4H3,(H,19,21,22). The van der Waals surface area contributed by atoms with E-state index in [-0.39, 0.29) is 11.5 Å². The van der Waals surface area contributed by atoms with Crippen LogP contribution in [0.25, 0.3) is 0 Å². The third-order valence-electron chi connectivity index (χ3n) is 3.02. The first kappa shape index (κ1) is 17.9. The number of carbonyl (C=O) groups excluding carboxylic acids is 1. The van der Waals surface area contributed by atoms with Crippen LogP contribution in [0.3, 0.4) is 0 Å². The highest BCUT2D eigenvalue weighted by Crippen LogP contribution is 2.11. The Morgan fingerprint density at radius 3 is 2.58 bits per heavy atom. The Hall–Kier alpha value is -2.47. The van der Waals surface area contributed by atoms with Crippen molar-refractivity contribution >= 4 is 11.7 Å². The van der Waals surface area contributed by atoms with E-state index in [1.54, 1.807) is 24.4 Å². The molecule has 0 fully saturated rings. The van der Waals surface area contributed by atoms with Gasteiger partial charge in [0.25, 0.3) is 5.91 Å². The molecule has 1 amide bonds. The third-order valence-corrected chi connectivity index (χ3v) is 3.02. The zero-order valence-corrected chi connectivity index (χ0v) is 14.5. The van der Waals surface area contributed by atoms with Crippen LogP contribution in [0.5, 0.6) is 5.88 Å². The maximum Gasteiger partial charge on any atom is 0.258 e. The fourth-order valence-electron chi connectivity index (χ4n) is 1.89. The monoisotopic (exact) mass is 329 g/mol. The highest BCUT2D eigenvalue weighted by molar-refractivity contribution is 6.03. The van der Waals surface area contributed by atoms with Crippen LogP contribution in [-0.4, -0.2) is 34.7 Å². The number of ether oxygens (including phenoxy) is 2. The number of hydrogen-bond acceptors (Lipinski definition) is 5. The fraction of sp³-hybridized carbons (Fsp3) is 0.389. The quantitative estimate of drug-likeness (QED) is 0.824. The van der Waals surface area contributed by atoms with E-state index in [9.17, 15) is 4.79 Å². The number of aromatic nitrogens is 2. The van der Waals surface area contributed by atoms with Gasteiger partial charge in [-0.3, -0.25) is 4.79 Å². The average Bonchev–Trinajstić information content (AvgIpc) is 2.51. The van der Waals surface area contributed by atoms with Crippen LogP contribution < -0.4 is 10.1 Å². The van der Waals surface area contributed by atoms with Gasteiger partial charge in [0.05, 0.1) is 17.8 Å². The summed E-state index contributed by atoms with van der Waals surface area (Å²) in [5, 5.41) is 2.74. The van der Waals surface area contributed by atoms with Crippen LogP contribution in [0.4, 0.5) is 5.82 Å². The van der Waals surface area contributed by atoms with Crippen molar-refractivity contribution < 1.29 is 14.3 Å². The molecule has 6 heteroatoms. The van der Waals surface area contributed by atoms with Gasteiger partial charge in [-0.25, -0.2) is 9.97 Å². The zero-order chi connectivity index (χ0) is 17.6. The fourth-order valence-corrected chi connectivity index (χ4v) is 1.89. The van der Waals surface area contributed by atoms with Crippen molar-refractivity contribution in [3.05, 3.63) is 47.8 Å². The Morgan fingerprint density at radius 1 is 1.17 bits per heavy atom. The van der Waals surface area contributed by atoms with Crippen molar-refractivity contribution in [3.8, 4) is 5.88 Å². The van der Waals surface area contributed by atoms with Crippen molar-refractivity contribution in [1.82, 2.24) is 9.97 Å². The van der Waals surface area contributed by atoms with Gasteiger partial charge in [0, 0.05) is 18.5 Å². The van der Waals surface area contributed by atoms with E-state index in [0.29, 0.717) is 30.5 Å². The Bertz CT molecular complexity index is 679. The van der Waals surface area contributed by atoms with Gasteiger partial charge in [0.2, 0.25) is 5.88 Å². The molecular weight excluding hydrogens is 306 g/mol. The molecule has 2 rings (SSSR count). The minimum absolute atomic E-state index is 0.192. The van der Waals surface area contributed by atoms with Crippen LogP contribution >= 0.6 is 0 Å². The zero-order valence-electron chi connectivity index (χ0n) is 14.5. The van der Waals surface area contributed by atoms with Gasteiger partial charge in [0.1, 0.15) is 12.4 Å². The maximum atomic E-state index is 12.2. The molecule has 0 saturated heterocycles. The van der Waals surface area contributed by atoms with Gasteiger partial charge >= 0.3 is 0 Å². The van der Waals surface area contributed by atoms with E-state index in [4.69, 9.17) is 9.47 Å². The molecule has 0 aliphatic rings. The number of anilines is 1. The predicted molar refractivity (Wildman–Crippen MR) is 92.4 cm³/mol. The van der Waals surface area contributed by atoms with Crippen LogP contribution in [0, 0.1) is 6.92 Å². The van der Waals surface area contributed by atoms with Crippen molar-refractivity contribution in [2.24, 2.45) is 0 Å². The van der Waals surface area contributed by atoms with Crippen molar-refractivity contribution in [2.45, 2.75) is 33.3 Å². The molecule has 0 aliphatic carbocycles. The molecule has 0 aromatic carbocycles. The number of amides is 1. The molecule has 0 unspecified atom stereocenters. The molecule has 2 aromatic heterocycles. The summed E-state index contributed by atoms with van der Waals surface area (Å²) < 4.78 is 11.1. The molecule has 6 nitrogen and oxygen atoms in total. The van der Waals surface area contributed by atoms with Crippen molar-refractivity contribution in [1.29, 1.82) is 0 Å². The largest absolute Gasteiger partial charge is 0.475 e. The third kappa shape index (κ3) is 5.96. The number of hydrogen-bond donors (Lipinski definition) is 1. The number of pyridine rings is 2. The average molecular weight is 329 g/mol. The van der Waals surface area contributed by atoms with Gasteiger partial charge in [-0.1, -0.05) is 0 Å². The minimum Gasteiger partial charge on any atom is -0.475 e. The lowest BCUT2D eigenvalue weighted by molar-refractivity contribution is -0.0168. The summed E-state index contributed by atoms with van der Waals surface area (Å²) in [5.41, 5.74) is 1.28. The molecule has 2 heterocycles. The number of aryl methyl sites for hydroxylation is 1. The Balaban J connectivity index is 1.86. The van der Waals surface area contributed by atoms with Gasteiger partial charge < -0.3 is 14.8 Å². The van der Waals surface area contributed by atoms with Crippen LogP contribution in [-0.2, 0) is 4.74 Å². The van der Waals surface area contributed by atoms with Gasteiger partial charge in [-0.15, -0.1) is 0 Å². The summed E-state index contributed by atoms with van der Waals surface area (Å²) in [7, 11) is 0. The van der Waals surface area contributed by atoms with Crippen molar-refractivity contribution in [3.63, 3.8) is 0 Å². The lowest BCUT2D eigenvalue weighted by Gasteiger charge is -2.19. The second kappa shape index (κ2) is 7.88. The lowest BCUT2D eigenvalue weighted by atomic mass is 10.2. The van der Waals surface area contributed by atoms with E-state index in [1.807, 2.05) is 33.8 Å². The van der Waals surface area contributed by atoms with Gasteiger partial charge in [0.15, 0.2) is 0 Å². The molecule has 0 radical (unpaired) electrons. The first-order valence-electron chi connectivity index (χ1n) is 7.80. The Labute approximate surface area is 142 Å². The Kier molecular flexibility index (Phi) is 5.87. The van der Waals surface area contributed by atoms with Crippen LogP contribution in [0.15, 0.2) is 36.7 Å². The Morgan fingerprint density at radius 2 is 1.96 bits per heavy atom. The minimum atomic E-state index is -0.261. The second-order valence-corrected chi connectivity index (χ2v) is 6.37. The topological polar surface area (TPSA) is 73.3 Å². The molecule has 24 heavy (non-hydrogen) atoms. The van der Waals surface area contributed by atoms with Gasteiger partial charge in [-0.2, -0.15) is 0 Å². The maximum absolute atomic E-state index is 12.2. The lowest BCUT2D eigenvalue weighted by Crippen LogP contribution is -2.22. The molecule has 0 aliphatic heterocycles. The molecule has 128 valence electrons. The molecular formula is C18H23N3O3. The highest BCUT2D eigenvalue weighted by atomic mass is 16.5. The van der Waals surface area contributed by atoms with Crippen LogP contribution in [0.1, 0.15) is 36.7 Å². The molecule has 0 spiro atoms. The molecule has 0 atom stereocenters. The number of carbonyl (C=O) groups is 1.